The van der Waals surface area contributed by atoms with Crippen LogP contribution in [0.2, 0.25) is 0 Å². The van der Waals surface area contributed by atoms with E-state index in [0.717, 1.165) is 35.2 Å². The summed E-state index contributed by atoms with van der Waals surface area (Å²) in [5, 5.41) is 11.6. The monoisotopic (exact) mass is 385 g/mol. The number of nitrogens with zero attached hydrogens (tertiary/aromatic N) is 1. The highest BCUT2D eigenvalue weighted by atomic mass is 16.5. The molecule has 2 aromatic rings. The third-order valence-corrected chi connectivity index (χ3v) is 5.43. The highest BCUT2D eigenvalue weighted by Crippen LogP contribution is 2.27. The van der Waals surface area contributed by atoms with E-state index in [1.807, 2.05) is 37.3 Å². The Hall–Kier alpha value is -1.61. The van der Waals surface area contributed by atoms with Crippen LogP contribution in [0.25, 0.3) is 10.9 Å². The normalized spacial score (nSPS) is 12.4. The Bertz CT molecular complexity index is 671. The molecular formula is C25H39NO2. The summed E-state index contributed by atoms with van der Waals surface area (Å²) in [5.41, 5.74) is 1.60. The van der Waals surface area contributed by atoms with Crippen molar-refractivity contribution in [3.05, 3.63) is 36.0 Å². The third-order valence-electron chi connectivity index (χ3n) is 5.43. The molecule has 28 heavy (non-hydrogen) atoms. The Balaban J connectivity index is 1.66. The molecule has 0 saturated heterocycles. The van der Waals surface area contributed by atoms with E-state index in [1.54, 1.807) is 0 Å². The van der Waals surface area contributed by atoms with Gasteiger partial charge in [0.05, 0.1) is 18.4 Å². The Morgan fingerprint density at radius 2 is 1.46 bits per heavy atom. The van der Waals surface area contributed by atoms with Gasteiger partial charge in [-0.1, -0.05) is 95.8 Å². The van der Waals surface area contributed by atoms with E-state index < -0.39 is 6.10 Å². The Labute approximate surface area is 171 Å². The molecule has 1 heterocycles. The molecule has 0 bridgehead atoms. The van der Waals surface area contributed by atoms with Crippen LogP contribution in [0.4, 0.5) is 0 Å². The number of ether oxygens (including phenoxy) is 1. The lowest BCUT2D eigenvalue weighted by Crippen LogP contribution is -2.02. The molecule has 1 atom stereocenters. The highest BCUT2D eigenvalue weighted by Gasteiger charge is 2.11. The molecule has 3 nitrogen and oxygen atoms in total. The minimum absolute atomic E-state index is 0.488. The van der Waals surface area contributed by atoms with Gasteiger partial charge >= 0.3 is 0 Å². The molecule has 0 aliphatic rings. The van der Waals surface area contributed by atoms with E-state index in [2.05, 4.69) is 11.9 Å². The number of benzene rings is 1. The standard InChI is InChI=1S/C25H39NO2/c1-3-5-6-7-8-9-10-11-12-13-14-17-23(27)22-20-19-21-16-15-18-24(28-4-2)25(21)26-22/h15-16,18-20,23,27H,3-14,17H2,1-2H3. The van der Waals surface area contributed by atoms with Crippen molar-refractivity contribution in [2.75, 3.05) is 6.61 Å². The summed E-state index contributed by atoms with van der Waals surface area (Å²) in [4.78, 5) is 4.69. The SMILES string of the molecule is CCCCCCCCCCCCCC(O)c1ccc2cccc(OCC)c2n1. The summed E-state index contributed by atoms with van der Waals surface area (Å²) < 4.78 is 5.68. The molecule has 1 aromatic carbocycles. The molecular weight excluding hydrogens is 346 g/mol. The van der Waals surface area contributed by atoms with Crippen LogP contribution in [-0.4, -0.2) is 16.7 Å². The fourth-order valence-corrected chi connectivity index (χ4v) is 3.74. The first-order chi connectivity index (χ1) is 13.8. The van der Waals surface area contributed by atoms with Crippen molar-refractivity contribution in [2.45, 2.75) is 97.0 Å². The van der Waals surface area contributed by atoms with Gasteiger partial charge in [0.1, 0.15) is 11.3 Å². The number of aliphatic hydroxyl groups excluding tert-OH is 1. The number of aliphatic hydroxyl groups is 1. The lowest BCUT2D eigenvalue weighted by Gasteiger charge is -2.12. The van der Waals surface area contributed by atoms with E-state index >= 15 is 0 Å². The average Bonchev–Trinajstić information content (AvgIpc) is 2.72. The van der Waals surface area contributed by atoms with Crippen molar-refractivity contribution >= 4 is 10.9 Å². The number of unbranched alkanes of at least 4 members (excludes halogenated alkanes) is 10. The van der Waals surface area contributed by atoms with Crippen molar-refractivity contribution in [1.29, 1.82) is 0 Å². The second-order valence-electron chi connectivity index (χ2n) is 7.84. The molecule has 156 valence electrons. The molecule has 0 radical (unpaired) electrons. The van der Waals surface area contributed by atoms with Crippen LogP contribution < -0.4 is 4.74 Å². The summed E-state index contributed by atoms with van der Waals surface area (Å²) in [6, 6.07) is 9.94. The van der Waals surface area contributed by atoms with Crippen LogP contribution in [0.5, 0.6) is 5.75 Å². The number of hydrogen-bond donors (Lipinski definition) is 1. The number of para-hydroxylation sites is 1. The smallest absolute Gasteiger partial charge is 0.145 e. The van der Waals surface area contributed by atoms with E-state index in [0.29, 0.717) is 6.61 Å². The molecule has 0 aliphatic heterocycles. The van der Waals surface area contributed by atoms with Gasteiger partial charge in [-0.05, 0) is 25.5 Å². The summed E-state index contributed by atoms with van der Waals surface area (Å²) in [6.45, 7) is 4.86. The van der Waals surface area contributed by atoms with Crippen molar-refractivity contribution in [1.82, 2.24) is 4.98 Å². The predicted molar refractivity (Wildman–Crippen MR) is 119 cm³/mol. The zero-order chi connectivity index (χ0) is 20.0. The number of hydrogen-bond acceptors (Lipinski definition) is 3. The van der Waals surface area contributed by atoms with Gasteiger partial charge in [0.25, 0.3) is 0 Å². The Morgan fingerprint density at radius 3 is 2.11 bits per heavy atom. The van der Waals surface area contributed by atoms with Gasteiger partial charge in [-0.25, -0.2) is 4.98 Å². The van der Waals surface area contributed by atoms with E-state index in [4.69, 9.17) is 4.74 Å². The quantitative estimate of drug-likeness (QED) is 0.325. The predicted octanol–water partition coefficient (Wildman–Crippen LogP) is 7.37. The number of rotatable bonds is 15. The highest BCUT2D eigenvalue weighted by molar-refractivity contribution is 5.84. The largest absolute Gasteiger partial charge is 0.492 e. The molecule has 1 N–H and O–H groups in total. The van der Waals surface area contributed by atoms with Gasteiger partial charge in [0.15, 0.2) is 0 Å². The zero-order valence-corrected chi connectivity index (χ0v) is 18.0. The van der Waals surface area contributed by atoms with Gasteiger partial charge in [-0.2, -0.15) is 0 Å². The molecule has 0 aliphatic carbocycles. The summed E-state index contributed by atoms with van der Waals surface area (Å²) >= 11 is 0. The molecule has 1 unspecified atom stereocenters. The van der Waals surface area contributed by atoms with Crippen LogP contribution in [-0.2, 0) is 0 Å². The van der Waals surface area contributed by atoms with Crippen molar-refractivity contribution in [3.8, 4) is 5.75 Å². The topological polar surface area (TPSA) is 42.4 Å². The fourth-order valence-electron chi connectivity index (χ4n) is 3.74. The van der Waals surface area contributed by atoms with Gasteiger partial charge in [0.2, 0.25) is 0 Å². The number of aromatic nitrogens is 1. The van der Waals surface area contributed by atoms with Crippen molar-refractivity contribution in [2.24, 2.45) is 0 Å². The summed E-state index contributed by atoms with van der Waals surface area (Å²) in [6.07, 6.45) is 14.8. The molecule has 2 rings (SSSR count). The molecule has 0 spiro atoms. The van der Waals surface area contributed by atoms with Crippen LogP contribution in [0.1, 0.15) is 103 Å². The maximum absolute atomic E-state index is 10.5. The fraction of sp³-hybridized carbons (Fsp3) is 0.640. The van der Waals surface area contributed by atoms with Crippen LogP contribution in [0, 0.1) is 0 Å². The van der Waals surface area contributed by atoms with Crippen molar-refractivity contribution in [3.63, 3.8) is 0 Å². The third kappa shape index (κ3) is 7.79. The van der Waals surface area contributed by atoms with Gasteiger partial charge in [-0.3, -0.25) is 0 Å². The average molecular weight is 386 g/mol. The maximum Gasteiger partial charge on any atom is 0.145 e. The molecule has 0 fully saturated rings. The number of fused-ring (bicyclic) bond motifs is 1. The Morgan fingerprint density at radius 1 is 0.821 bits per heavy atom. The molecule has 0 amide bonds. The second kappa shape index (κ2) is 13.5. The van der Waals surface area contributed by atoms with Crippen LogP contribution in [0.3, 0.4) is 0 Å². The molecule has 0 saturated carbocycles. The van der Waals surface area contributed by atoms with Gasteiger partial charge in [-0.15, -0.1) is 0 Å². The lowest BCUT2D eigenvalue weighted by atomic mass is 10.0. The lowest BCUT2D eigenvalue weighted by molar-refractivity contribution is 0.159. The number of pyridine rings is 1. The van der Waals surface area contributed by atoms with Gasteiger partial charge < -0.3 is 9.84 Å². The first kappa shape index (κ1) is 22.7. The summed E-state index contributed by atoms with van der Waals surface area (Å²) in [7, 11) is 0. The van der Waals surface area contributed by atoms with Crippen molar-refractivity contribution < 1.29 is 9.84 Å². The Kier molecular flexibility index (Phi) is 11.0. The van der Waals surface area contributed by atoms with E-state index in [1.165, 1.54) is 64.2 Å². The second-order valence-corrected chi connectivity index (χ2v) is 7.84. The summed E-state index contributed by atoms with van der Waals surface area (Å²) in [5.74, 6) is 0.795. The van der Waals surface area contributed by atoms with E-state index in [9.17, 15) is 5.11 Å². The van der Waals surface area contributed by atoms with E-state index in [-0.39, 0.29) is 0 Å². The maximum atomic E-state index is 10.5. The van der Waals surface area contributed by atoms with Crippen LogP contribution in [0.15, 0.2) is 30.3 Å². The van der Waals surface area contributed by atoms with Crippen LogP contribution >= 0.6 is 0 Å². The minimum atomic E-state index is -0.488. The minimum Gasteiger partial charge on any atom is -0.492 e. The first-order valence-electron chi connectivity index (χ1n) is 11.5. The molecule has 1 aromatic heterocycles. The van der Waals surface area contributed by atoms with Gasteiger partial charge in [0, 0.05) is 5.39 Å². The first-order valence-corrected chi connectivity index (χ1v) is 11.5. The molecule has 3 heteroatoms. The zero-order valence-electron chi connectivity index (χ0n) is 18.0.